The van der Waals surface area contributed by atoms with Gasteiger partial charge in [-0.1, -0.05) is 0 Å². The van der Waals surface area contributed by atoms with E-state index in [1.807, 2.05) is 0 Å². The van der Waals surface area contributed by atoms with Crippen LogP contribution in [0.2, 0.25) is 0 Å². The number of methoxy groups -OCH3 is 1. The molecule has 166 valence electrons. The molecule has 0 aliphatic carbocycles. The van der Waals surface area contributed by atoms with Crippen LogP contribution in [0, 0.1) is 5.82 Å². The molecule has 10 heteroatoms. The fourth-order valence-corrected chi connectivity index (χ4v) is 3.62. The number of halogens is 1. The van der Waals surface area contributed by atoms with Gasteiger partial charge in [0.15, 0.2) is 6.61 Å². The van der Waals surface area contributed by atoms with Crippen LogP contribution in [0.25, 0.3) is 0 Å². The molecule has 32 heavy (non-hydrogen) atoms. The molecule has 2 N–H and O–H groups in total. The monoisotopic (exact) mass is 458 g/mol. The number of ether oxygens (including phenoxy) is 2. The highest BCUT2D eigenvalue weighted by Gasteiger charge is 2.15. The summed E-state index contributed by atoms with van der Waals surface area (Å²) in [5.74, 6) is -1.01. The van der Waals surface area contributed by atoms with E-state index in [1.54, 1.807) is 24.3 Å². The lowest BCUT2D eigenvalue weighted by atomic mass is 10.2. The Hall–Kier alpha value is -3.92. The summed E-state index contributed by atoms with van der Waals surface area (Å²) in [7, 11) is -2.62. The van der Waals surface area contributed by atoms with Crippen LogP contribution in [0.4, 0.5) is 15.8 Å². The molecule has 1 amide bonds. The number of amides is 1. The predicted molar refractivity (Wildman–Crippen MR) is 116 cm³/mol. The van der Waals surface area contributed by atoms with E-state index in [9.17, 15) is 22.4 Å². The zero-order valence-electron chi connectivity index (χ0n) is 16.9. The molecule has 0 fully saturated rings. The molecule has 0 aliphatic rings. The maximum Gasteiger partial charge on any atom is 0.343 e. The molecule has 0 aromatic heterocycles. The minimum absolute atomic E-state index is 0.0836. The van der Waals surface area contributed by atoms with Crippen LogP contribution in [-0.2, 0) is 19.6 Å². The molecule has 0 bridgehead atoms. The van der Waals surface area contributed by atoms with Crippen LogP contribution in [-0.4, -0.2) is 34.0 Å². The van der Waals surface area contributed by atoms with Gasteiger partial charge in [0, 0.05) is 16.9 Å². The minimum atomic E-state index is -3.89. The van der Waals surface area contributed by atoms with Gasteiger partial charge in [0.25, 0.3) is 15.9 Å². The molecular weight excluding hydrogens is 439 g/mol. The van der Waals surface area contributed by atoms with E-state index < -0.39 is 27.7 Å². The summed E-state index contributed by atoms with van der Waals surface area (Å²) in [6, 6.07) is 16.6. The number of sulfonamides is 1. The summed E-state index contributed by atoms with van der Waals surface area (Å²) in [6.07, 6.45) is 0. The fraction of sp³-hybridized carbons (Fsp3) is 0.0909. The largest absolute Gasteiger partial charge is 0.482 e. The molecule has 0 spiro atoms. The van der Waals surface area contributed by atoms with Crippen molar-refractivity contribution in [2.24, 2.45) is 0 Å². The van der Waals surface area contributed by atoms with Gasteiger partial charge in [-0.3, -0.25) is 9.52 Å². The smallest absolute Gasteiger partial charge is 0.343 e. The van der Waals surface area contributed by atoms with Crippen LogP contribution < -0.4 is 14.8 Å². The summed E-state index contributed by atoms with van der Waals surface area (Å²) in [5.41, 5.74) is 1.06. The highest BCUT2D eigenvalue weighted by Crippen LogP contribution is 2.19. The quantitative estimate of drug-likeness (QED) is 0.501. The first kappa shape index (κ1) is 22.8. The molecule has 0 atom stereocenters. The standard InChI is InChI=1S/C22H19FN2O6S/c1-30-21(26)14-31-19-10-8-17(9-11-19)24-22(27)15-2-6-18(7-3-15)25-32(28,29)20-12-4-16(23)5-13-20/h2-13,25H,14H2,1H3,(H,24,27). The van der Waals surface area contributed by atoms with Crippen LogP contribution in [0.15, 0.2) is 77.7 Å². The van der Waals surface area contributed by atoms with E-state index in [4.69, 9.17) is 4.74 Å². The summed E-state index contributed by atoms with van der Waals surface area (Å²) < 4.78 is 49.8. The highest BCUT2D eigenvalue weighted by atomic mass is 32.2. The topological polar surface area (TPSA) is 111 Å². The number of anilines is 2. The average Bonchev–Trinajstić information content (AvgIpc) is 2.79. The highest BCUT2D eigenvalue weighted by molar-refractivity contribution is 7.92. The molecule has 0 saturated carbocycles. The van der Waals surface area contributed by atoms with E-state index in [1.165, 1.54) is 31.4 Å². The molecule has 0 radical (unpaired) electrons. The maximum atomic E-state index is 13.0. The van der Waals surface area contributed by atoms with Crippen LogP contribution in [0.5, 0.6) is 5.75 Å². The van der Waals surface area contributed by atoms with Crippen molar-refractivity contribution in [2.45, 2.75) is 4.90 Å². The number of esters is 1. The summed E-state index contributed by atoms with van der Waals surface area (Å²) >= 11 is 0. The van der Waals surface area contributed by atoms with Gasteiger partial charge in [0.2, 0.25) is 0 Å². The zero-order chi connectivity index (χ0) is 23.1. The lowest BCUT2D eigenvalue weighted by Crippen LogP contribution is -2.14. The molecule has 0 heterocycles. The number of hydrogen-bond acceptors (Lipinski definition) is 6. The number of hydrogen-bond donors (Lipinski definition) is 2. The van der Waals surface area contributed by atoms with Crippen molar-refractivity contribution in [3.05, 3.63) is 84.2 Å². The molecule has 3 aromatic rings. The van der Waals surface area contributed by atoms with Crippen molar-refractivity contribution in [1.82, 2.24) is 0 Å². The number of carbonyl (C=O) groups excluding carboxylic acids is 2. The Morgan fingerprint density at radius 2 is 1.47 bits per heavy atom. The zero-order valence-corrected chi connectivity index (χ0v) is 17.7. The molecule has 3 rings (SSSR count). The van der Waals surface area contributed by atoms with Gasteiger partial charge < -0.3 is 14.8 Å². The molecule has 0 unspecified atom stereocenters. The molecule has 0 aliphatic heterocycles. The van der Waals surface area contributed by atoms with Crippen molar-refractivity contribution in [2.75, 3.05) is 23.8 Å². The summed E-state index contributed by atoms with van der Waals surface area (Å²) in [5, 5.41) is 2.70. The first-order valence-corrected chi connectivity index (χ1v) is 10.7. The Balaban J connectivity index is 1.60. The van der Waals surface area contributed by atoms with Gasteiger partial charge in [0.05, 0.1) is 12.0 Å². The van der Waals surface area contributed by atoms with Crippen molar-refractivity contribution >= 4 is 33.3 Å². The number of benzene rings is 3. The second-order valence-corrected chi connectivity index (χ2v) is 8.16. The van der Waals surface area contributed by atoms with E-state index in [0.717, 1.165) is 24.3 Å². The maximum absolute atomic E-state index is 13.0. The van der Waals surface area contributed by atoms with E-state index in [-0.39, 0.29) is 17.2 Å². The fourth-order valence-electron chi connectivity index (χ4n) is 2.56. The molecular formula is C22H19FN2O6S. The van der Waals surface area contributed by atoms with E-state index in [0.29, 0.717) is 17.0 Å². The first-order valence-electron chi connectivity index (χ1n) is 9.26. The van der Waals surface area contributed by atoms with Gasteiger partial charge in [-0.05, 0) is 72.8 Å². The SMILES string of the molecule is COC(=O)COc1ccc(NC(=O)c2ccc(NS(=O)(=O)c3ccc(F)cc3)cc2)cc1. The number of rotatable bonds is 8. The van der Waals surface area contributed by atoms with Gasteiger partial charge in [-0.25, -0.2) is 17.6 Å². The second-order valence-electron chi connectivity index (χ2n) is 6.48. The molecule has 0 saturated heterocycles. The molecule has 8 nitrogen and oxygen atoms in total. The number of nitrogens with one attached hydrogen (secondary N) is 2. The van der Waals surface area contributed by atoms with E-state index in [2.05, 4.69) is 14.8 Å². The Labute approximate surface area is 184 Å². The van der Waals surface area contributed by atoms with Crippen LogP contribution in [0.1, 0.15) is 10.4 Å². The van der Waals surface area contributed by atoms with Gasteiger partial charge >= 0.3 is 5.97 Å². The number of carbonyl (C=O) groups is 2. The normalized spacial score (nSPS) is 10.8. The summed E-state index contributed by atoms with van der Waals surface area (Å²) in [4.78, 5) is 23.4. The van der Waals surface area contributed by atoms with Gasteiger partial charge in [0.1, 0.15) is 11.6 Å². The Morgan fingerprint density at radius 3 is 2.06 bits per heavy atom. The van der Waals surface area contributed by atoms with Crippen LogP contribution >= 0.6 is 0 Å². The minimum Gasteiger partial charge on any atom is -0.482 e. The van der Waals surface area contributed by atoms with Crippen molar-refractivity contribution < 1.29 is 31.9 Å². The lowest BCUT2D eigenvalue weighted by molar-refractivity contribution is -0.142. The van der Waals surface area contributed by atoms with Gasteiger partial charge in [-0.2, -0.15) is 0 Å². The van der Waals surface area contributed by atoms with Crippen LogP contribution in [0.3, 0.4) is 0 Å². The molecule has 3 aromatic carbocycles. The third-order valence-electron chi connectivity index (χ3n) is 4.22. The van der Waals surface area contributed by atoms with Crippen molar-refractivity contribution in [3.8, 4) is 5.75 Å². The average molecular weight is 458 g/mol. The first-order chi connectivity index (χ1) is 15.3. The Morgan fingerprint density at radius 1 is 0.875 bits per heavy atom. The Bertz CT molecular complexity index is 1190. The second kappa shape index (κ2) is 9.92. The third-order valence-corrected chi connectivity index (χ3v) is 5.62. The lowest BCUT2D eigenvalue weighted by Gasteiger charge is -2.10. The van der Waals surface area contributed by atoms with Crippen molar-refractivity contribution in [1.29, 1.82) is 0 Å². The Kier molecular flexibility index (Phi) is 7.06. The summed E-state index contributed by atoms with van der Waals surface area (Å²) in [6.45, 7) is -0.223. The predicted octanol–water partition coefficient (Wildman–Crippen LogP) is 3.43. The van der Waals surface area contributed by atoms with E-state index >= 15 is 0 Å². The van der Waals surface area contributed by atoms with Crippen molar-refractivity contribution in [3.63, 3.8) is 0 Å². The third kappa shape index (κ3) is 6.05. The van der Waals surface area contributed by atoms with Gasteiger partial charge in [-0.15, -0.1) is 0 Å².